The molecule has 0 amide bonds. The van der Waals surface area contributed by atoms with Crippen LogP contribution in [0.15, 0.2) is 0 Å². The maximum absolute atomic E-state index is 11.2. The quantitative estimate of drug-likeness (QED) is 0.591. The Labute approximate surface area is 101 Å². The van der Waals surface area contributed by atoms with E-state index < -0.39 is 21.7 Å². The van der Waals surface area contributed by atoms with Gasteiger partial charge in [-0.2, -0.15) is 0 Å². The number of carboxylic acid groups (broad SMARTS) is 1. The van der Waals surface area contributed by atoms with Gasteiger partial charge in [0.25, 0.3) is 0 Å². The summed E-state index contributed by atoms with van der Waals surface area (Å²) in [5, 5.41) is 8.39. The van der Waals surface area contributed by atoms with Gasteiger partial charge in [0.15, 0.2) is 5.75 Å². The first-order valence-electron chi connectivity index (χ1n) is 5.49. The molecule has 0 aromatic rings. The molecule has 0 aliphatic carbocycles. The van der Waals surface area contributed by atoms with Crippen molar-refractivity contribution in [2.75, 3.05) is 52.1 Å². The summed E-state index contributed by atoms with van der Waals surface area (Å²) in [6.07, 6.45) is 0. The highest BCUT2D eigenvalue weighted by Crippen LogP contribution is 1.97. The van der Waals surface area contributed by atoms with E-state index in [0.717, 1.165) is 26.2 Å². The number of hydrogen-bond donors (Lipinski definition) is 2. The Morgan fingerprint density at radius 3 is 2.41 bits per heavy atom. The second-order valence-corrected chi connectivity index (χ2v) is 6.00. The SMILES string of the molecule is CN1CCN(CCNS(=O)(=O)CC(=O)O)CC1. The maximum atomic E-state index is 11.2. The van der Waals surface area contributed by atoms with Gasteiger partial charge in [0.05, 0.1) is 0 Å². The Kier molecular flexibility index (Phi) is 5.31. The first kappa shape index (κ1) is 14.4. The lowest BCUT2D eigenvalue weighted by Crippen LogP contribution is -2.47. The van der Waals surface area contributed by atoms with Gasteiger partial charge in [0.1, 0.15) is 0 Å². The van der Waals surface area contributed by atoms with Gasteiger partial charge in [0.2, 0.25) is 10.0 Å². The molecule has 1 saturated heterocycles. The number of hydrogen-bond acceptors (Lipinski definition) is 5. The Morgan fingerprint density at radius 1 is 1.29 bits per heavy atom. The molecular formula is C9H19N3O4S. The summed E-state index contributed by atoms with van der Waals surface area (Å²) in [5.41, 5.74) is 0. The molecule has 0 aromatic heterocycles. The van der Waals surface area contributed by atoms with E-state index in [9.17, 15) is 13.2 Å². The van der Waals surface area contributed by atoms with E-state index in [1.54, 1.807) is 0 Å². The minimum absolute atomic E-state index is 0.263. The highest BCUT2D eigenvalue weighted by molar-refractivity contribution is 7.90. The van der Waals surface area contributed by atoms with Crippen molar-refractivity contribution in [2.45, 2.75) is 0 Å². The molecule has 2 N–H and O–H groups in total. The molecule has 1 aliphatic heterocycles. The number of nitrogens with zero attached hydrogens (tertiary/aromatic N) is 2. The molecule has 1 fully saturated rings. The smallest absolute Gasteiger partial charge is 0.320 e. The van der Waals surface area contributed by atoms with Gasteiger partial charge in [-0.15, -0.1) is 0 Å². The summed E-state index contributed by atoms with van der Waals surface area (Å²) >= 11 is 0. The predicted octanol–water partition coefficient (Wildman–Crippen LogP) is -1.76. The van der Waals surface area contributed by atoms with E-state index in [1.807, 2.05) is 7.05 Å². The molecular weight excluding hydrogens is 246 g/mol. The lowest BCUT2D eigenvalue weighted by Gasteiger charge is -2.32. The molecule has 0 atom stereocenters. The van der Waals surface area contributed by atoms with E-state index in [0.29, 0.717) is 6.54 Å². The molecule has 1 heterocycles. The van der Waals surface area contributed by atoms with Crippen LogP contribution in [-0.2, 0) is 14.8 Å². The molecule has 7 nitrogen and oxygen atoms in total. The third kappa shape index (κ3) is 5.97. The van der Waals surface area contributed by atoms with Gasteiger partial charge >= 0.3 is 5.97 Å². The Hall–Kier alpha value is -0.700. The molecule has 17 heavy (non-hydrogen) atoms. The van der Waals surface area contributed by atoms with Gasteiger partial charge < -0.3 is 10.0 Å². The van der Waals surface area contributed by atoms with Crippen molar-refractivity contribution in [3.63, 3.8) is 0 Å². The van der Waals surface area contributed by atoms with Crippen LogP contribution in [-0.4, -0.2) is 81.4 Å². The first-order valence-corrected chi connectivity index (χ1v) is 7.14. The summed E-state index contributed by atoms with van der Waals surface area (Å²) in [4.78, 5) is 14.7. The Bertz CT molecular complexity index is 349. The van der Waals surface area contributed by atoms with E-state index in [1.165, 1.54) is 0 Å². The van der Waals surface area contributed by atoms with Crippen LogP contribution < -0.4 is 4.72 Å². The van der Waals surface area contributed by atoms with Crippen molar-refractivity contribution in [3.05, 3.63) is 0 Å². The number of carbonyl (C=O) groups is 1. The van der Waals surface area contributed by atoms with Gasteiger partial charge in [-0.25, -0.2) is 13.1 Å². The van der Waals surface area contributed by atoms with Crippen LogP contribution in [0.4, 0.5) is 0 Å². The van der Waals surface area contributed by atoms with Crippen LogP contribution in [0.25, 0.3) is 0 Å². The fourth-order valence-corrected chi connectivity index (χ4v) is 2.47. The number of rotatable bonds is 6. The summed E-state index contributed by atoms with van der Waals surface area (Å²) in [6, 6.07) is 0. The highest BCUT2D eigenvalue weighted by atomic mass is 32.2. The lowest BCUT2D eigenvalue weighted by molar-refractivity contribution is -0.134. The average Bonchev–Trinajstić information content (AvgIpc) is 2.18. The van der Waals surface area contributed by atoms with Crippen LogP contribution in [0.1, 0.15) is 0 Å². The molecule has 0 radical (unpaired) electrons. The number of sulfonamides is 1. The van der Waals surface area contributed by atoms with Crippen LogP contribution >= 0.6 is 0 Å². The topological polar surface area (TPSA) is 90.0 Å². The zero-order valence-electron chi connectivity index (χ0n) is 9.92. The van der Waals surface area contributed by atoms with Gasteiger partial charge in [-0.05, 0) is 7.05 Å². The van der Waals surface area contributed by atoms with Crippen LogP contribution in [0.2, 0.25) is 0 Å². The lowest BCUT2D eigenvalue weighted by atomic mass is 10.3. The largest absolute Gasteiger partial charge is 0.480 e. The van der Waals surface area contributed by atoms with Crippen molar-refractivity contribution < 1.29 is 18.3 Å². The van der Waals surface area contributed by atoms with Crippen molar-refractivity contribution in [2.24, 2.45) is 0 Å². The average molecular weight is 265 g/mol. The molecule has 1 aliphatic rings. The standard InChI is InChI=1S/C9H19N3O4S/c1-11-4-6-12(7-5-11)3-2-10-17(15,16)8-9(13)14/h10H,2-8H2,1H3,(H,13,14). The fraction of sp³-hybridized carbons (Fsp3) is 0.889. The molecule has 0 bridgehead atoms. The van der Waals surface area contributed by atoms with Gasteiger partial charge in [0, 0.05) is 39.3 Å². The number of nitrogens with one attached hydrogen (secondary N) is 1. The maximum Gasteiger partial charge on any atom is 0.320 e. The van der Waals surface area contributed by atoms with E-state index in [4.69, 9.17) is 5.11 Å². The van der Waals surface area contributed by atoms with Crippen molar-refractivity contribution in [3.8, 4) is 0 Å². The van der Waals surface area contributed by atoms with E-state index in [-0.39, 0.29) is 6.54 Å². The molecule has 0 aromatic carbocycles. The van der Waals surface area contributed by atoms with Crippen LogP contribution in [0.3, 0.4) is 0 Å². The molecule has 100 valence electrons. The van der Waals surface area contributed by atoms with Gasteiger partial charge in [-0.1, -0.05) is 0 Å². The highest BCUT2D eigenvalue weighted by Gasteiger charge is 2.17. The number of aliphatic carboxylic acids is 1. The third-order valence-corrected chi connectivity index (χ3v) is 3.93. The zero-order chi connectivity index (χ0) is 12.9. The van der Waals surface area contributed by atoms with Crippen LogP contribution in [0, 0.1) is 0 Å². The molecule has 8 heteroatoms. The Morgan fingerprint density at radius 2 is 1.88 bits per heavy atom. The first-order chi connectivity index (χ1) is 7.89. The summed E-state index contributed by atoms with van der Waals surface area (Å²) < 4.78 is 24.7. The molecule has 1 rings (SSSR count). The minimum atomic E-state index is -3.68. The Balaban J connectivity index is 2.21. The number of piperazine rings is 1. The number of likely N-dealkylation sites (N-methyl/N-ethyl adjacent to an activating group) is 1. The fourth-order valence-electron chi connectivity index (χ4n) is 1.64. The summed E-state index contributed by atoms with van der Waals surface area (Å²) in [6.45, 7) is 4.66. The number of carboxylic acids is 1. The predicted molar refractivity (Wildman–Crippen MR) is 63.4 cm³/mol. The van der Waals surface area contributed by atoms with E-state index >= 15 is 0 Å². The summed E-state index contributed by atoms with van der Waals surface area (Å²) in [7, 11) is -1.63. The van der Waals surface area contributed by atoms with Crippen molar-refractivity contribution in [1.82, 2.24) is 14.5 Å². The van der Waals surface area contributed by atoms with E-state index in [2.05, 4.69) is 14.5 Å². The molecule has 0 unspecified atom stereocenters. The minimum Gasteiger partial charge on any atom is -0.480 e. The molecule has 0 saturated carbocycles. The second-order valence-electron chi connectivity index (χ2n) is 4.19. The summed E-state index contributed by atoms with van der Waals surface area (Å²) in [5.74, 6) is -2.20. The van der Waals surface area contributed by atoms with Crippen molar-refractivity contribution in [1.29, 1.82) is 0 Å². The van der Waals surface area contributed by atoms with Gasteiger partial charge in [-0.3, -0.25) is 9.69 Å². The van der Waals surface area contributed by atoms with Crippen molar-refractivity contribution >= 4 is 16.0 Å². The van der Waals surface area contributed by atoms with Crippen LogP contribution in [0.5, 0.6) is 0 Å². The monoisotopic (exact) mass is 265 g/mol. The third-order valence-electron chi connectivity index (χ3n) is 2.66. The second kappa shape index (κ2) is 6.29. The zero-order valence-corrected chi connectivity index (χ0v) is 10.7. The molecule has 0 spiro atoms. The normalized spacial score (nSPS) is 19.4.